The number of hydrogen-bond acceptors (Lipinski definition) is 3. The van der Waals surface area contributed by atoms with Gasteiger partial charge in [-0.3, -0.25) is 0 Å². The van der Waals surface area contributed by atoms with Crippen LogP contribution in [0.3, 0.4) is 0 Å². The highest BCUT2D eigenvalue weighted by molar-refractivity contribution is 7.90. The minimum atomic E-state index is -3.10. The van der Waals surface area contributed by atoms with Gasteiger partial charge in [0.2, 0.25) is 0 Å². The van der Waals surface area contributed by atoms with Gasteiger partial charge in [-0.2, -0.15) is 0 Å². The Morgan fingerprint density at radius 1 is 1.33 bits per heavy atom. The van der Waals surface area contributed by atoms with Crippen LogP contribution in [0.2, 0.25) is 0 Å². The summed E-state index contributed by atoms with van der Waals surface area (Å²) in [4.78, 5) is 0.389. The van der Waals surface area contributed by atoms with E-state index in [4.69, 9.17) is 5.73 Å². The van der Waals surface area contributed by atoms with E-state index < -0.39 is 9.84 Å². The fourth-order valence-electron chi connectivity index (χ4n) is 1.44. The number of aryl methyl sites for hydroxylation is 2. The second-order valence-corrected chi connectivity index (χ2v) is 5.77. The maximum Gasteiger partial charge on any atom is 0.175 e. The summed E-state index contributed by atoms with van der Waals surface area (Å²) in [6.07, 6.45) is 2.95. The SMILES string of the molecule is Cc1ccc(S(C)(=O)=O)cc1CCCN. The number of hydrogen-bond donors (Lipinski definition) is 1. The molecule has 0 aromatic heterocycles. The monoisotopic (exact) mass is 227 g/mol. The van der Waals surface area contributed by atoms with E-state index in [9.17, 15) is 8.42 Å². The van der Waals surface area contributed by atoms with Gasteiger partial charge in [0.05, 0.1) is 4.90 Å². The molecule has 0 bridgehead atoms. The minimum Gasteiger partial charge on any atom is -0.330 e. The predicted molar refractivity (Wildman–Crippen MR) is 61.7 cm³/mol. The molecule has 0 aliphatic carbocycles. The fourth-order valence-corrected chi connectivity index (χ4v) is 2.11. The molecule has 0 amide bonds. The van der Waals surface area contributed by atoms with Crippen molar-refractivity contribution in [3.63, 3.8) is 0 Å². The molecule has 0 saturated carbocycles. The first-order valence-corrected chi connectivity index (χ1v) is 6.84. The van der Waals surface area contributed by atoms with E-state index in [2.05, 4.69) is 0 Å². The Morgan fingerprint density at radius 3 is 2.53 bits per heavy atom. The van der Waals surface area contributed by atoms with Crippen molar-refractivity contribution >= 4 is 9.84 Å². The largest absolute Gasteiger partial charge is 0.330 e. The lowest BCUT2D eigenvalue weighted by molar-refractivity contribution is 0.601. The molecule has 0 spiro atoms. The minimum absolute atomic E-state index is 0.389. The van der Waals surface area contributed by atoms with E-state index in [0.29, 0.717) is 11.4 Å². The summed E-state index contributed by atoms with van der Waals surface area (Å²) in [6, 6.07) is 5.25. The van der Waals surface area contributed by atoms with Crippen LogP contribution in [0.1, 0.15) is 17.5 Å². The molecule has 0 saturated heterocycles. The van der Waals surface area contributed by atoms with Crippen molar-refractivity contribution in [3.8, 4) is 0 Å². The zero-order valence-electron chi connectivity index (χ0n) is 9.16. The third-order valence-electron chi connectivity index (χ3n) is 2.40. The van der Waals surface area contributed by atoms with Crippen molar-refractivity contribution in [2.75, 3.05) is 12.8 Å². The van der Waals surface area contributed by atoms with Crippen molar-refractivity contribution in [2.45, 2.75) is 24.7 Å². The van der Waals surface area contributed by atoms with Crippen LogP contribution in [0.5, 0.6) is 0 Å². The molecule has 1 rings (SSSR count). The van der Waals surface area contributed by atoms with Gasteiger partial charge in [0.1, 0.15) is 0 Å². The second-order valence-electron chi connectivity index (χ2n) is 3.75. The topological polar surface area (TPSA) is 60.2 Å². The van der Waals surface area contributed by atoms with Crippen molar-refractivity contribution in [1.29, 1.82) is 0 Å². The van der Waals surface area contributed by atoms with Gasteiger partial charge in [-0.25, -0.2) is 8.42 Å². The second kappa shape index (κ2) is 4.77. The fraction of sp³-hybridized carbons (Fsp3) is 0.455. The average Bonchev–Trinajstić information content (AvgIpc) is 2.15. The van der Waals surface area contributed by atoms with Gasteiger partial charge in [-0.1, -0.05) is 6.07 Å². The molecule has 0 atom stereocenters. The Morgan fingerprint density at radius 2 is 2.00 bits per heavy atom. The zero-order chi connectivity index (χ0) is 11.5. The molecule has 0 aliphatic rings. The van der Waals surface area contributed by atoms with Crippen LogP contribution >= 0.6 is 0 Å². The summed E-state index contributed by atoms with van der Waals surface area (Å²) in [5, 5.41) is 0. The predicted octanol–water partition coefficient (Wildman–Crippen LogP) is 1.29. The van der Waals surface area contributed by atoms with Gasteiger partial charge in [0.15, 0.2) is 9.84 Å². The third kappa shape index (κ3) is 3.32. The van der Waals surface area contributed by atoms with Gasteiger partial charge in [-0.15, -0.1) is 0 Å². The molecule has 0 radical (unpaired) electrons. The molecular formula is C11H17NO2S. The van der Waals surface area contributed by atoms with Gasteiger partial charge >= 0.3 is 0 Å². The summed E-state index contributed by atoms with van der Waals surface area (Å²) in [7, 11) is -3.10. The summed E-state index contributed by atoms with van der Waals surface area (Å²) in [6.45, 7) is 2.61. The molecule has 2 N–H and O–H groups in total. The highest BCUT2D eigenvalue weighted by Gasteiger charge is 2.08. The molecule has 1 aromatic rings. The Labute approximate surface area is 91.2 Å². The van der Waals surface area contributed by atoms with Crippen LogP contribution in [0.25, 0.3) is 0 Å². The van der Waals surface area contributed by atoms with E-state index in [-0.39, 0.29) is 0 Å². The zero-order valence-corrected chi connectivity index (χ0v) is 9.97. The summed E-state index contributed by atoms with van der Waals surface area (Å²) >= 11 is 0. The van der Waals surface area contributed by atoms with Crippen LogP contribution in [-0.2, 0) is 16.3 Å². The van der Waals surface area contributed by atoms with Crippen LogP contribution in [0.15, 0.2) is 23.1 Å². The lowest BCUT2D eigenvalue weighted by Crippen LogP contribution is -2.03. The highest BCUT2D eigenvalue weighted by Crippen LogP contribution is 2.16. The number of nitrogens with two attached hydrogens (primary N) is 1. The van der Waals surface area contributed by atoms with E-state index in [1.807, 2.05) is 13.0 Å². The summed E-state index contributed by atoms with van der Waals surface area (Å²) < 4.78 is 22.7. The van der Waals surface area contributed by atoms with E-state index in [1.54, 1.807) is 12.1 Å². The molecule has 4 heteroatoms. The highest BCUT2D eigenvalue weighted by atomic mass is 32.2. The Hall–Kier alpha value is -0.870. The molecule has 0 aliphatic heterocycles. The van der Waals surface area contributed by atoms with Crippen molar-refractivity contribution in [1.82, 2.24) is 0 Å². The maximum atomic E-state index is 11.3. The molecule has 15 heavy (non-hydrogen) atoms. The lowest BCUT2D eigenvalue weighted by atomic mass is 10.0. The van der Waals surface area contributed by atoms with Crippen LogP contribution in [0, 0.1) is 6.92 Å². The van der Waals surface area contributed by atoms with Gasteiger partial charge in [0.25, 0.3) is 0 Å². The molecule has 1 aromatic carbocycles. The molecule has 0 heterocycles. The summed E-state index contributed by atoms with van der Waals surface area (Å²) in [5.41, 5.74) is 7.63. The van der Waals surface area contributed by atoms with E-state index in [0.717, 1.165) is 24.0 Å². The quantitative estimate of drug-likeness (QED) is 0.843. The third-order valence-corrected chi connectivity index (χ3v) is 3.51. The van der Waals surface area contributed by atoms with Gasteiger partial charge < -0.3 is 5.73 Å². The van der Waals surface area contributed by atoms with Crippen molar-refractivity contribution < 1.29 is 8.42 Å². The van der Waals surface area contributed by atoms with E-state index in [1.165, 1.54) is 6.26 Å². The molecular weight excluding hydrogens is 210 g/mol. The number of benzene rings is 1. The van der Waals surface area contributed by atoms with Crippen molar-refractivity contribution in [3.05, 3.63) is 29.3 Å². The lowest BCUT2D eigenvalue weighted by Gasteiger charge is -2.07. The first-order valence-electron chi connectivity index (χ1n) is 4.95. The average molecular weight is 227 g/mol. The van der Waals surface area contributed by atoms with Crippen LogP contribution in [-0.4, -0.2) is 21.2 Å². The normalized spacial score (nSPS) is 11.7. The number of rotatable bonds is 4. The maximum absolute atomic E-state index is 11.3. The van der Waals surface area contributed by atoms with Gasteiger partial charge in [-0.05, 0) is 49.6 Å². The Bertz CT molecular complexity index is 438. The van der Waals surface area contributed by atoms with Crippen molar-refractivity contribution in [2.24, 2.45) is 5.73 Å². The molecule has 84 valence electrons. The van der Waals surface area contributed by atoms with Gasteiger partial charge in [0, 0.05) is 6.26 Å². The summed E-state index contributed by atoms with van der Waals surface area (Å²) in [5.74, 6) is 0. The molecule has 3 nitrogen and oxygen atoms in total. The Kier molecular flexibility index (Phi) is 3.88. The standard InChI is InChI=1S/C11H17NO2S/c1-9-5-6-11(15(2,13)14)8-10(9)4-3-7-12/h5-6,8H,3-4,7,12H2,1-2H3. The van der Waals surface area contributed by atoms with E-state index >= 15 is 0 Å². The number of sulfone groups is 1. The van der Waals surface area contributed by atoms with Crippen LogP contribution in [0.4, 0.5) is 0 Å². The first kappa shape index (κ1) is 12.2. The Balaban J connectivity index is 3.06. The molecule has 0 unspecified atom stereocenters. The molecule has 0 fully saturated rings. The smallest absolute Gasteiger partial charge is 0.175 e. The first-order chi connectivity index (χ1) is 6.95. The van der Waals surface area contributed by atoms with Crippen LogP contribution < -0.4 is 5.73 Å².